The average molecular weight is 368 g/mol. The molecular formula is C27H29N. The Balaban J connectivity index is 1.96. The maximum atomic E-state index is 4.29. The standard InChI is InChI=1S/C27H29N/c1-4-11-26(24-18-16-21(2)17-19-24)20-27(25-14-9-6-10-15-25)28-22(3)23-12-7-5-8-13-23/h5-10,12-20,27-28H,3-4,11H2,1-2H3/b26-20+. The summed E-state index contributed by atoms with van der Waals surface area (Å²) in [6.07, 6.45) is 4.52. The molecule has 0 aliphatic rings. The highest BCUT2D eigenvalue weighted by atomic mass is 14.9. The lowest BCUT2D eigenvalue weighted by Gasteiger charge is -2.21. The molecule has 0 aliphatic heterocycles. The Morgan fingerprint density at radius 3 is 2.07 bits per heavy atom. The summed E-state index contributed by atoms with van der Waals surface area (Å²) in [4.78, 5) is 0. The third-order valence-electron chi connectivity index (χ3n) is 4.92. The highest BCUT2D eigenvalue weighted by Crippen LogP contribution is 2.27. The molecule has 0 saturated carbocycles. The SMILES string of the molecule is C=C(NC(/C=C(\CCC)c1ccc(C)cc1)c1ccccc1)c1ccccc1. The van der Waals surface area contributed by atoms with Gasteiger partial charge >= 0.3 is 0 Å². The van der Waals surface area contributed by atoms with Gasteiger partial charge in [-0.25, -0.2) is 0 Å². The van der Waals surface area contributed by atoms with E-state index in [-0.39, 0.29) is 6.04 Å². The number of allylic oxidation sites excluding steroid dienone is 1. The second-order valence-electron chi connectivity index (χ2n) is 7.19. The van der Waals surface area contributed by atoms with Crippen molar-refractivity contribution < 1.29 is 0 Å². The molecule has 0 fully saturated rings. The van der Waals surface area contributed by atoms with Gasteiger partial charge in [0.1, 0.15) is 0 Å². The fraction of sp³-hybridized carbons (Fsp3) is 0.185. The monoisotopic (exact) mass is 367 g/mol. The maximum Gasteiger partial charge on any atom is 0.0703 e. The van der Waals surface area contributed by atoms with Crippen molar-refractivity contribution >= 4 is 11.3 Å². The molecule has 3 rings (SSSR count). The third kappa shape index (κ3) is 5.23. The number of hydrogen-bond donors (Lipinski definition) is 1. The van der Waals surface area contributed by atoms with E-state index >= 15 is 0 Å². The number of rotatable bonds is 8. The fourth-order valence-electron chi connectivity index (χ4n) is 3.35. The van der Waals surface area contributed by atoms with Gasteiger partial charge in [-0.3, -0.25) is 0 Å². The molecule has 1 heteroatoms. The first-order chi connectivity index (χ1) is 13.7. The predicted molar refractivity (Wildman–Crippen MR) is 122 cm³/mol. The van der Waals surface area contributed by atoms with Gasteiger partial charge in [0.05, 0.1) is 6.04 Å². The highest BCUT2D eigenvalue weighted by Gasteiger charge is 2.12. The van der Waals surface area contributed by atoms with E-state index < -0.39 is 0 Å². The number of benzene rings is 3. The maximum absolute atomic E-state index is 4.29. The molecule has 142 valence electrons. The number of hydrogen-bond acceptors (Lipinski definition) is 1. The molecule has 1 unspecified atom stereocenters. The molecule has 28 heavy (non-hydrogen) atoms. The Labute approximate surface area is 169 Å². The van der Waals surface area contributed by atoms with Crippen LogP contribution in [-0.4, -0.2) is 0 Å². The van der Waals surface area contributed by atoms with E-state index in [1.54, 1.807) is 0 Å². The Morgan fingerprint density at radius 2 is 1.46 bits per heavy atom. The fourth-order valence-corrected chi connectivity index (χ4v) is 3.35. The van der Waals surface area contributed by atoms with Crippen LogP contribution in [0.2, 0.25) is 0 Å². The second-order valence-corrected chi connectivity index (χ2v) is 7.19. The molecule has 1 N–H and O–H groups in total. The Kier molecular flexibility index (Phi) is 6.86. The third-order valence-corrected chi connectivity index (χ3v) is 4.92. The summed E-state index contributed by atoms with van der Waals surface area (Å²) in [5.41, 5.74) is 7.23. The first kappa shape index (κ1) is 19.7. The van der Waals surface area contributed by atoms with Crippen LogP contribution < -0.4 is 5.32 Å². The van der Waals surface area contributed by atoms with E-state index in [9.17, 15) is 0 Å². The molecule has 0 saturated heterocycles. The van der Waals surface area contributed by atoms with Crippen molar-refractivity contribution in [1.82, 2.24) is 5.32 Å². The molecule has 0 aliphatic carbocycles. The molecule has 0 amide bonds. The zero-order chi connectivity index (χ0) is 19.8. The average Bonchev–Trinajstić information content (AvgIpc) is 2.74. The van der Waals surface area contributed by atoms with Gasteiger partial charge in [0.15, 0.2) is 0 Å². The summed E-state index contributed by atoms with van der Waals surface area (Å²) >= 11 is 0. The van der Waals surface area contributed by atoms with Crippen molar-refractivity contribution in [3.05, 3.63) is 120 Å². The molecule has 0 aromatic heterocycles. The van der Waals surface area contributed by atoms with Crippen molar-refractivity contribution in [2.24, 2.45) is 0 Å². The van der Waals surface area contributed by atoms with Crippen molar-refractivity contribution in [1.29, 1.82) is 0 Å². The van der Waals surface area contributed by atoms with Crippen LogP contribution in [0.25, 0.3) is 11.3 Å². The van der Waals surface area contributed by atoms with Crippen LogP contribution in [0.1, 0.15) is 48.1 Å². The van der Waals surface area contributed by atoms with Gasteiger partial charge in [-0.2, -0.15) is 0 Å². The summed E-state index contributed by atoms with van der Waals surface area (Å²) in [6, 6.07) is 29.8. The normalized spacial score (nSPS) is 12.4. The van der Waals surface area contributed by atoms with Crippen LogP contribution in [0, 0.1) is 6.92 Å². The van der Waals surface area contributed by atoms with Crippen LogP contribution >= 0.6 is 0 Å². The molecule has 3 aromatic rings. The van der Waals surface area contributed by atoms with Crippen LogP contribution in [-0.2, 0) is 0 Å². The van der Waals surface area contributed by atoms with Gasteiger partial charge in [0.2, 0.25) is 0 Å². The minimum absolute atomic E-state index is 0.0664. The summed E-state index contributed by atoms with van der Waals surface area (Å²) in [5.74, 6) is 0. The smallest absolute Gasteiger partial charge is 0.0703 e. The topological polar surface area (TPSA) is 12.0 Å². The zero-order valence-corrected chi connectivity index (χ0v) is 16.9. The zero-order valence-electron chi connectivity index (χ0n) is 16.9. The first-order valence-corrected chi connectivity index (χ1v) is 10.0. The van der Waals surface area contributed by atoms with Crippen LogP contribution in [0.4, 0.5) is 0 Å². The molecule has 0 heterocycles. The molecule has 3 aromatic carbocycles. The summed E-state index contributed by atoms with van der Waals surface area (Å²) in [7, 11) is 0. The molecule has 0 radical (unpaired) electrons. The molecule has 1 atom stereocenters. The van der Waals surface area contributed by atoms with Gasteiger partial charge in [-0.1, -0.05) is 116 Å². The Morgan fingerprint density at radius 1 is 0.857 bits per heavy atom. The van der Waals surface area contributed by atoms with Crippen LogP contribution in [0.3, 0.4) is 0 Å². The molecule has 0 spiro atoms. The number of nitrogens with one attached hydrogen (secondary N) is 1. The summed E-state index contributed by atoms with van der Waals surface area (Å²) in [6.45, 7) is 8.65. The quantitative estimate of drug-likeness (QED) is 0.444. The number of aryl methyl sites for hydroxylation is 1. The largest absolute Gasteiger partial charge is 0.375 e. The Bertz CT molecular complexity index is 905. The lowest BCUT2D eigenvalue weighted by Crippen LogP contribution is -2.18. The van der Waals surface area contributed by atoms with E-state index in [4.69, 9.17) is 0 Å². The van der Waals surface area contributed by atoms with E-state index in [2.05, 4.69) is 98.5 Å². The molecule has 0 bridgehead atoms. The van der Waals surface area contributed by atoms with Crippen molar-refractivity contribution in [3.63, 3.8) is 0 Å². The van der Waals surface area contributed by atoms with E-state index in [1.807, 2.05) is 18.2 Å². The summed E-state index contributed by atoms with van der Waals surface area (Å²) < 4.78 is 0. The van der Waals surface area contributed by atoms with Crippen LogP contribution in [0.5, 0.6) is 0 Å². The van der Waals surface area contributed by atoms with Crippen molar-refractivity contribution in [2.75, 3.05) is 0 Å². The predicted octanol–water partition coefficient (Wildman–Crippen LogP) is 7.18. The molecular weight excluding hydrogens is 338 g/mol. The minimum Gasteiger partial charge on any atom is -0.375 e. The van der Waals surface area contributed by atoms with E-state index in [0.717, 1.165) is 24.1 Å². The van der Waals surface area contributed by atoms with E-state index in [0.29, 0.717) is 0 Å². The summed E-state index contributed by atoms with van der Waals surface area (Å²) in [5, 5.41) is 3.65. The van der Waals surface area contributed by atoms with Gasteiger partial charge in [-0.05, 0) is 35.6 Å². The first-order valence-electron chi connectivity index (χ1n) is 10.0. The lowest BCUT2D eigenvalue weighted by atomic mass is 9.95. The lowest BCUT2D eigenvalue weighted by molar-refractivity contribution is 0.770. The van der Waals surface area contributed by atoms with Crippen LogP contribution in [0.15, 0.2) is 97.6 Å². The van der Waals surface area contributed by atoms with Gasteiger partial charge in [0.25, 0.3) is 0 Å². The van der Waals surface area contributed by atoms with E-state index in [1.165, 1.54) is 22.3 Å². The molecule has 1 nitrogen and oxygen atoms in total. The van der Waals surface area contributed by atoms with Gasteiger partial charge < -0.3 is 5.32 Å². The highest BCUT2D eigenvalue weighted by molar-refractivity contribution is 5.68. The Hall–Kier alpha value is -3.06. The minimum atomic E-state index is 0.0664. The van der Waals surface area contributed by atoms with Crippen molar-refractivity contribution in [3.8, 4) is 0 Å². The van der Waals surface area contributed by atoms with Gasteiger partial charge in [-0.15, -0.1) is 0 Å². The van der Waals surface area contributed by atoms with Gasteiger partial charge in [0, 0.05) is 5.70 Å². The van der Waals surface area contributed by atoms with Crippen molar-refractivity contribution in [2.45, 2.75) is 32.7 Å². The second kappa shape index (κ2) is 9.75.